The molecule has 1 saturated heterocycles. The zero-order valence-corrected chi connectivity index (χ0v) is 17.8. The molecule has 2 aromatic carbocycles. The average Bonchev–Trinajstić information content (AvgIpc) is 3.42. The Bertz CT molecular complexity index is 1080. The standard InChI is InChI=1S/C24H25FN4O3/c1-17(30)27-14-21-15-29(24(31)32-21)20-8-9-22(23(25)13-20)19-6-4-18(5-7-19)3-2-11-28-12-10-26-16-28/h4-10,12-13,16,21H,2-3,11,14-15H2,1H3,(H,27,30)/t21-/m0/s1. The number of anilines is 1. The minimum atomic E-state index is -0.549. The van der Waals surface area contributed by atoms with Crippen molar-refractivity contribution in [1.82, 2.24) is 14.9 Å². The van der Waals surface area contributed by atoms with Gasteiger partial charge in [-0.05, 0) is 42.2 Å². The van der Waals surface area contributed by atoms with E-state index in [1.54, 1.807) is 24.7 Å². The van der Waals surface area contributed by atoms with Gasteiger partial charge in [-0.3, -0.25) is 9.69 Å². The van der Waals surface area contributed by atoms with E-state index in [4.69, 9.17) is 4.74 Å². The van der Waals surface area contributed by atoms with Crippen LogP contribution in [0.3, 0.4) is 0 Å². The molecule has 1 atom stereocenters. The van der Waals surface area contributed by atoms with Crippen molar-refractivity contribution in [2.45, 2.75) is 32.4 Å². The minimum Gasteiger partial charge on any atom is -0.442 e. The van der Waals surface area contributed by atoms with Crippen molar-refractivity contribution in [3.8, 4) is 11.1 Å². The van der Waals surface area contributed by atoms with Gasteiger partial charge in [-0.25, -0.2) is 14.2 Å². The molecule has 3 aromatic rings. The Morgan fingerprint density at radius 2 is 2.06 bits per heavy atom. The Kier molecular flexibility index (Phi) is 6.49. The van der Waals surface area contributed by atoms with Crippen molar-refractivity contribution in [3.63, 3.8) is 0 Å². The Balaban J connectivity index is 1.38. The quantitative estimate of drug-likeness (QED) is 0.583. The first kappa shape index (κ1) is 21.5. The van der Waals surface area contributed by atoms with E-state index < -0.39 is 18.0 Å². The smallest absolute Gasteiger partial charge is 0.414 e. The van der Waals surface area contributed by atoms with Gasteiger partial charge in [-0.1, -0.05) is 24.3 Å². The number of halogens is 1. The molecule has 0 bridgehead atoms. The second-order valence-corrected chi connectivity index (χ2v) is 7.82. The molecule has 1 aliphatic rings. The summed E-state index contributed by atoms with van der Waals surface area (Å²) < 4.78 is 22.2. The Labute approximate surface area is 185 Å². The lowest BCUT2D eigenvalue weighted by Gasteiger charge is -2.15. The van der Waals surface area contributed by atoms with E-state index in [1.165, 1.54) is 23.5 Å². The van der Waals surface area contributed by atoms with E-state index in [0.29, 0.717) is 11.3 Å². The summed E-state index contributed by atoms with van der Waals surface area (Å²) in [5.41, 5.74) is 2.87. The van der Waals surface area contributed by atoms with Crippen LogP contribution in [0.15, 0.2) is 61.2 Å². The van der Waals surface area contributed by atoms with Gasteiger partial charge < -0.3 is 14.6 Å². The highest BCUT2D eigenvalue weighted by atomic mass is 19.1. The van der Waals surface area contributed by atoms with Crippen molar-refractivity contribution < 1.29 is 18.7 Å². The van der Waals surface area contributed by atoms with Gasteiger partial charge in [0.05, 0.1) is 25.1 Å². The third kappa shape index (κ3) is 5.14. The fourth-order valence-corrected chi connectivity index (χ4v) is 3.74. The fraction of sp³-hybridized carbons (Fsp3) is 0.292. The highest BCUT2D eigenvalue weighted by Gasteiger charge is 2.32. The Morgan fingerprint density at radius 3 is 2.75 bits per heavy atom. The number of imidazole rings is 1. The highest BCUT2D eigenvalue weighted by molar-refractivity contribution is 5.90. The number of hydrogen-bond acceptors (Lipinski definition) is 4. The van der Waals surface area contributed by atoms with Crippen LogP contribution in [0.25, 0.3) is 11.1 Å². The number of cyclic esters (lactones) is 1. The number of nitrogens with one attached hydrogen (secondary N) is 1. The maximum Gasteiger partial charge on any atom is 0.414 e. The van der Waals surface area contributed by atoms with Crippen LogP contribution < -0.4 is 10.2 Å². The molecular weight excluding hydrogens is 411 g/mol. The molecular formula is C24H25FN4O3. The number of carbonyl (C=O) groups excluding carboxylic acids is 2. The molecule has 32 heavy (non-hydrogen) atoms. The zero-order valence-electron chi connectivity index (χ0n) is 17.8. The first-order valence-corrected chi connectivity index (χ1v) is 10.6. The summed E-state index contributed by atoms with van der Waals surface area (Å²) in [4.78, 5) is 28.6. The van der Waals surface area contributed by atoms with Gasteiger partial charge in [0.25, 0.3) is 0 Å². The topological polar surface area (TPSA) is 76.5 Å². The van der Waals surface area contributed by atoms with Gasteiger partial charge in [0, 0.05) is 31.4 Å². The molecule has 1 fully saturated rings. The molecule has 2 amide bonds. The number of rotatable bonds is 8. The zero-order chi connectivity index (χ0) is 22.5. The van der Waals surface area contributed by atoms with Gasteiger partial charge in [-0.2, -0.15) is 0 Å². The molecule has 1 N–H and O–H groups in total. The van der Waals surface area contributed by atoms with Gasteiger partial charge in [0.15, 0.2) is 0 Å². The number of nitrogens with zero attached hydrogens (tertiary/aromatic N) is 3. The van der Waals surface area contributed by atoms with Crippen LogP contribution in [0.4, 0.5) is 14.9 Å². The number of hydrogen-bond donors (Lipinski definition) is 1. The van der Waals surface area contributed by atoms with E-state index in [9.17, 15) is 14.0 Å². The second-order valence-electron chi connectivity index (χ2n) is 7.82. The number of ether oxygens (including phenoxy) is 1. The van der Waals surface area contributed by atoms with Crippen molar-refractivity contribution >= 4 is 17.7 Å². The number of amides is 2. The number of benzene rings is 2. The molecule has 1 aliphatic heterocycles. The largest absolute Gasteiger partial charge is 0.442 e. The second kappa shape index (κ2) is 9.64. The predicted octanol–water partition coefficient (Wildman–Crippen LogP) is 3.78. The van der Waals surface area contributed by atoms with E-state index in [2.05, 4.69) is 10.3 Å². The summed E-state index contributed by atoms with van der Waals surface area (Å²) in [6.45, 7) is 2.79. The summed E-state index contributed by atoms with van der Waals surface area (Å²) in [6, 6.07) is 12.6. The van der Waals surface area contributed by atoms with Crippen molar-refractivity contribution in [1.29, 1.82) is 0 Å². The van der Waals surface area contributed by atoms with E-state index in [0.717, 1.165) is 24.9 Å². The SMILES string of the molecule is CC(=O)NC[C@H]1CN(c2ccc(-c3ccc(CCCn4ccnc4)cc3)c(F)c2)C(=O)O1. The van der Waals surface area contributed by atoms with Gasteiger partial charge >= 0.3 is 6.09 Å². The number of aromatic nitrogens is 2. The van der Waals surface area contributed by atoms with Gasteiger partial charge in [0.2, 0.25) is 5.91 Å². The molecule has 1 aromatic heterocycles. The van der Waals surface area contributed by atoms with Crippen LogP contribution >= 0.6 is 0 Å². The molecule has 166 valence electrons. The van der Waals surface area contributed by atoms with Crippen LogP contribution in [0.5, 0.6) is 0 Å². The van der Waals surface area contributed by atoms with E-state index in [1.807, 2.05) is 35.0 Å². The molecule has 0 spiro atoms. The van der Waals surface area contributed by atoms with Crippen molar-refractivity contribution in [3.05, 3.63) is 72.6 Å². The lowest BCUT2D eigenvalue weighted by atomic mass is 10.0. The maximum atomic E-state index is 14.9. The van der Waals surface area contributed by atoms with Crippen LogP contribution in [-0.4, -0.2) is 40.7 Å². The molecule has 0 radical (unpaired) electrons. The van der Waals surface area contributed by atoms with Crippen molar-refractivity contribution in [2.24, 2.45) is 0 Å². The Morgan fingerprint density at radius 1 is 1.25 bits per heavy atom. The molecule has 0 unspecified atom stereocenters. The minimum absolute atomic E-state index is 0.195. The molecule has 4 rings (SSSR count). The summed E-state index contributed by atoms with van der Waals surface area (Å²) in [7, 11) is 0. The first-order valence-electron chi connectivity index (χ1n) is 10.6. The van der Waals surface area contributed by atoms with E-state index in [-0.39, 0.29) is 19.0 Å². The third-order valence-electron chi connectivity index (χ3n) is 5.42. The lowest BCUT2D eigenvalue weighted by Crippen LogP contribution is -2.33. The summed E-state index contributed by atoms with van der Waals surface area (Å²) >= 11 is 0. The molecule has 7 nitrogen and oxygen atoms in total. The summed E-state index contributed by atoms with van der Waals surface area (Å²) in [6.07, 6.45) is 6.43. The molecule has 8 heteroatoms. The third-order valence-corrected chi connectivity index (χ3v) is 5.42. The van der Waals surface area contributed by atoms with Crippen molar-refractivity contribution in [2.75, 3.05) is 18.0 Å². The first-order chi connectivity index (χ1) is 15.5. The number of carbonyl (C=O) groups is 2. The van der Waals surface area contributed by atoms with Crippen LogP contribution in [0.1, 0.15) is 18.9 Å². The lowest BCUT2D eigenvalue weighted by molar-refractivity contribution is -0.119. The Hall–Kier alpha value is -3.68. The molecule has 0 aliphatic carbocycles. The monoisotopic (exact) mass is 436 g/mol. The average molecular weight is 436 g/mol. The molecule has 0 saturated carbocycles. The highest BCUT2D eigenvalue weighted by Crippen LogP contribution is 2.29. The van der Waals surface area contributed by atoms with Crippen LogP contribution in [0.2, 0.25) is 0 Å². The fourth-order valence-electron chi connectivity index (χ4n) is 3.74. The summed E-state index contributed by atoms with van der Waals surface area (Å²) in [5.74, 6) is -0.604. The van der Waals surface area contributed by atoms with Gasteiger partial charge in [0.1, 0.15) is 11.9 Å². The predicted molar refractivity (Wildman–Crippen MR) is 119 cm³/mol. The number of aryl methyl sites for hydroxylation is 2. The van der Waals surface area contributed by atoms with Crippen LogP contribution in [-0.2, 0) is 22.5 Å². The van der Waals surface area contributed by atoms with Crippen LogP contribution in [0, 0.1) is 5.82 Å². The normalized spacial score (nSPS) is 15.6. The molecule has 2 heterocycles. The summed E-state index contributed by atoms with van der Waals surface area (Å²) in [5, 5.41) is 2.63. The maximum absolute atomic E-state index is 14.9. The van der Waals surface area contributed by atoms with E-state index >= 15 is 0 Å². The van der Waals surface area contributed by atoms with Gasteiger partial charge in [-0.15, -0.1) is 0 Å².